The van der Waals surface area contributed by atoms with Gasteiger partial charge in [-0.15, -0.1) is 5.10 Å². The molecule has 1 heterocycles. The Balaban J connectivity index is 1.69. The zero-order valence-electron chi connectivity index (χ0n) is 15.0. The number of methoxy groups -OCH3 is 2. The first kappa shape index (κ1) is 18.1. The van der Waals surface area contributed by atoms with Crippen molar-refractivity contribution >= 4 is 23.4 Å². The minimum absolute atomic E-state index is 0.367. The van der Waals surface area contributed by atoms with Crippen molar-refractivity contribution in [2.24, 2.45) is 0 Å². The molecule has 0 bridgehead atoms. The fourth-order valence-corrected chi connectivity index (χ4v) is 2.38. The average Bonchev–Trinajstić information content (AvgIpc) is 2.73. The van der Waals surface area contributed by atoms with Gasteiger partial charge in [-0.2, -0.15) is 10.1 Å². The third-order valence-corrected chi connectivity index (χ3v) is 3.76. The van der Waals surface area contributed by atoms with Crippen LogP contribution in [0.2, 0.25) is 0 Å². The Bertz CT molecular complexity index is 915. The van der Waals surface area contributed by atoms with Crippen LogP contribution in [0, 0.1) is 0 Å². The maximum atomic E-state index is 11.9. The third-order valence-electron chi connectivity index (χ3n) is 3.76. The van der Waals surface area contributed by atoms with Crippen LogP contribution in [-0.2, 0) is 11.3 Å². The number of ether oxygens (including phenoxy) is 2. The number of carbonyl (C=O) groups is 1. The Labute approximate surface area is 156 Å². The van der Waals surface area contributed by atoms with Gasteiger partial charge in [-0.1, -0.05) is 24.3 Å². The highest BCUT2D eigenvalue weighted by Crippen LogP contribution is 2.20. The number of hydrogen-bond acceptors (Lipinski definition) is 8. The van der Waals surface area contributed by atoms with E-state index in [-0.39, 0.29) is 0 Å². The number of anilines is 3. The van der Waals surface area contributed by atoms with E-state index in [0.29, 0.717) is 29.6 Å². The van der Waals surface area contributed by atoms with Crippen LogP contribution in [0.1, 0.15) is 15.9 Å². The van der Waals surface area contributed by atoms with Crippen LogP contribution >= 0.6 is 0 Å². The van der Waals surface area contributed by atoms with E-state index < -0.39 is 5.97 Å². The monoisotopic (exact) mass is 365 g/mol. The molecule has 0 unspecified atom stereocenters. The quantitative estimate of drug-likeness (QED) is 0.617. The first-order valence-corrected chi connectivity index (χ1v) is 8.20. The summed E-state index contributed by atoms with van der Waals surface area (Å²) >= 11 is 0. The number of para-hydroxylation sites is 1. The number of nitrogens with one attached hydrogen (secondary N) is 2. The van der Waals surface area contributed by atoms with Crippen molar-refractivity contribution in [3.8, 4) is 5.75 Å². The lowest BCUT2D eigenvalue weighted by atomic mass is 10.2. The molecule has 0 saturated carbocycles. The van der Waals surface area contributed by atoms with E-state index in [0.717, 1.165) is 11.3 Å². The molecular formula is C19H19N5O3. The molecule has 1 aromatic heterocycles. The smallest absolute Gasteiger partial charge is 0.339 e. The van der Waals surface area contributed by atoms with Crippen molar-refractivity contribution in [2.45, 2.75) is 6.54 Å². The second kappa shape index (κ2) is 8.61. The molecule has 0 amide bonds. The van der Waals surface area contributed by atoms with Crippen molar-refractivity contribution < 1.29 is 14.3 Å². The van der Waals surface area contributed by atoms with Gasteiger partial charge in [0.15, 0.2) is 5.82 Å². The Hall–Kier alpha value is -3.68. The summed E-state index contributed by atoms with van der Waals surface area (Å²) in [5, 5.41) is 14.1. The van der Waals surface area contributed by atoms with Gasteiger partial charge in [0.1, 0.15) is 5.75 Å². The zero-order chi connectivity index (χ0) is 19.1. The number of nitrogens with zero attached hydrogens (tertiary/aromatic N) is 3. The van der Waals surface area contributed by atoms with Crippen LogP contribution < -0.4 is 15.4 Å². The minimum Gasteiger partial charge on any atom is -0.497 e. The fraction of sp³-hybridized carbons (Fsp3) is 0.158. The van der Waals surface area contributed by atoms with Crippen molar-refractivity contribution in [3.05, 3.63) is 65.9 Å². The number of aromatic nitrogens is 3. The van der Waals surface area contributed by atoms with Crippen LogP contribution in [0.5, 0.6) is 5.75 Å². The molecule has 27 heavy (non-hydrogen) atoms. The summed E-state index contributed by atoms with van der Waals surface area (Å²) < 4.78 is 9.94. The number of esters is 1. The first-order chi connectivity index (χ1) is 13.2. The maximum absolute atomic E-state index is 11.9. The molecule has 3 aromatic rings. The molecule has 0 aliphatic heterocycles. The van der Waals surface area contributed by atoms with E-state index in [1.54, 1.807) is 25.3 Å². The molecule has 138 valence electrons. The van der Waals surface area contributed by atoms with Gasteiger partial charge in [0.2, 0.25) is 5.95 Å². The molecule has 0 spiro atoms. The molecule has 3 rings (SSSR count). The van der Waals surface area contributed by atoms with Gasteiger partial charge in [-0.05, 0) is 29.8 Å². The summed E-state index contributed by atoms with van der Waals surface area (Å²) in [5.74, 6) is 1.19. The van der Waals surface area contributed by atoms with E-state index >= 15 is 0 Å². The van der Waals surface area contributed by atoms with E-state index in [2.05, 4.69) is 25.8 Å². The largest absolute Gasteiger partial charge is 0.497 e. The first-order valence-electron chi connectivity index (χ1n) is 8.20. The second-order valence-electron chi connectivity index (χ2n) is 5.53. The number of hydrogen-bond donors (Lipinski definition) is 2. The second-order valence-corrected chi connectivity index (χ2v) is 5.53. The van der Waals surface area contributed by atoms with Crippen LogP contribution in [-0.4, -0.2) is 35.4 Å². The highest BCUT2D eigenvalue weighted by Gasteiger charge is 2.12. The summed E-state index contributed by atoms with van der Waals surface area (Å²) in [4.78, 5) is 16.2. The van der Waals surface area contributed by atoms with Gasteiger partial charge in [0.05, 0.1) is 31.7 Å². The predicted octanol–water partition coefficient (Wildman–Crippen LogP) is 3.02. The summed E-state index contributed by atoms with van der Waals surface area (Å²) in [6.07, 6.45) is 1.48. The lowest BCUT2D eigenvalue weighted by Gasteiger charge is -2.10. The molecule has 0 aliphatic rings. The fourth-order valence-electron chi connectivity index (χ4n) is 2.38. The van der Waals surface area contributed by atoms with Crippen LogP contribution in [0.4, 0.5) is 17.5 Å². The predicted molar refractivity (Wildman–Crippen MR) is 101 cm³/mol. The molecule has 0 saturated heterocycles. The van der Waals surface area contributed by atoms with Gasteiger partial charge in [0, 0.05) is 6.54 Å². The lowest BCUT2D eigenvalue weighted by Crippen LogP contribution is -2.08. The number of carbonyl (C=O) groups excluding carboxylic acids is 1. The summed E-state index contributed by atoms with van der Waals surface area (Å²) in [6.45, 7) is 0.536. The topological polar surface area (TPSA) is 98.3 Å². The molecule has 2 aromatic carbocycles. The number of rotatable bonds is 7. The Kier molecular flexibility index (Phi) is 5.78. The normalized spacial score (nSPS) is 10.1. The van der Waals surface area contributed by atoms with Crippen molar-refractivity contribution in [3.63, 3.8) is 0 Å². The van der Waals surface area contributed by atoms with E-state index in [4.69, 9.17) is 9.47 Å². The van der Waals surface area contributed by atoms with E-state index in [9.17, 15) is 4.79 Å². The van der Waals surface area contributed by atoms with Crippen molar-refractivity contribution in [1.29, 1.82) is 0 Å². The lowest BCUT2D eigenvalue weighted by molar-refractivity contribution is 0.0602. The van der Waals surface area contributed by atoms with Crippen molar-refractivity contribution in [2.75, 3.05) is 24.9 Å². The van der Waals surface area contributed by atoms with Crippen LogP contribution in [0.3, 0.4) is 0 Å². The standard InChI is InChI=1S/C19H19N5O3/c1-26-14-9-7-13(8-10-14)11-20-19-23-17(12-21-24-19)22-16-6-4-3-5-15(16)18(25)27-2/h3-10,12H,11H2,1-2H3,(H2,20,22,23,24). The van der Waals surface area contributed by atoms with Crippen LogP contribution in [0.15, 0.2) is 54.7 Å². The Morgan fingerprint density at radius 1 is 1.07 bits per heavy atom. The van der Waals surface area contributed by atoms with E-state index in [1.165, 1.54) is 13.3 Å². The molecule has 0 fully saturated rings. The average molecular weight is 365 g/mol. The molecule has 8 heteroatoms. The maximum Gasteiger partial charge on any atom is 0.339 e. The molecular weight excluding hydrogens is 346 g/mol. The molecule has 8 nitrogen and oxygen atoms in total. The highest BCUT2D eigenvalue weighted by molar-refractivity contribution is 5.96. The van der Waals surface area contributed by atoms with Gasteiger partial charge in [0.25, 0.3) is 0 Å². The SMILES string of the molecule is COC(=O)c1ccccc1Nc1cnnc(NCc2ccc(OC)cc2)n1. The Morgan fingerprint density at radius 2 is 1.85 bits per heavy atom. The minimum atomic E-state index is -0.432. The summed E-state index contributed by atoms with van der Waals surface area (Å²) in [7, 11) is 2.97. The summed E-state index contributed by atoms with van der Waals surface area (Å²) in [6, 6.07) is 14.7. The summed E-state index contributed by atoms with van der Waals surface area (Å²) in [5.41, 5.74) is 2.03. The molecule has 0 atom stereocenters. The van der Waals surface area contributed by atoms with Crippen LogP contribution in [0.25, 0.3) is 0 Å². The molecule has 2 N–H and O–H groups in total. The van der Waals surface area contributed by atoms with Gasteiger partial charge < -0.3 is 20.1 Å². The molecule has 0 aliphatic carbocycles. The van der Waals surface area contributed by atoms with Gasteiger partial charge >= 0.3 is 5.97 Å². The van der Waals surface area contributed by atoms with Gasteiger partial charge in [-0.25, -0.2) is 4.79 Å². The van der Waals surface area contributed by atoms with Crippen molar-refractivity contribution in [1.82, 2.24) is 15.2 Å². The number of benzene rings is 2. The molecule has 0 radical (unpaired) electrons. The third kappa shape index (κ3) is 4.69. The van der Waals surface area contributed by atoms with Gasteiger partial charge in [-0.3, -0.25) is 0 Å². The highest BCUT2D eigenvalue weighted by atomic mass is 16.5. The zero-order valence-corrected chi connectivity index (χ0v) is 15.0. The Morgan fingerprint density at radius 3 is 2.59 bits per heavy atom. The van der Waals surface area contributed by atoms with E-state index in [1.807, 2.05) is 30.3 Å².